The Hall–Kier alpha value is -1.28. The molecule has 0 radical (unpaired) electrons. The molecule has 0 bridgehead atoms. The zero-order valence-corrected chi connectivity index (χ0v) is 10.9. The Morgan fingerprint density at radius 2 is 2.18 bits per heavy atom. The summed E-state index contributed by atoms with van der Waals surface area (Å²) in [5, 5.41) is 1.70. The lowest BCUT2D eigenvalue weighted by atomic mass is 10.1. The minimum Gasteiger partial charge on any atom is -0.350 e. The van der Waals surface area contributed by atoms with Gasteiger partial charge in [0.15, 0.2) is 5.78 Å². The highest BCUT2D eigenvalue weighted by Gasteiger charge is 2.13. The first-order valence-electron chi connectivity index (χ1n) is 5.91. The molecule has 0 unspecified atom stereocenters. The maximum absolute atomic E-state index is 12.1. The van der Waals surface area contributed by atoms with Gasteiger partial charge in [0.2, 0.25) is 0 Å². The minimum absolute atomic E-state index is 0.222. The van der Waals surface area contributed by atoms with Crippen LogP contribution < -0.4 is 0 Å². The maximum Gasteiger partial charge on any atom is 0.165 e. The van der Waals surface area contributed by atoms with Crippen LogP contribution in [0, 0.1) is 0 Å². The first-order valence-corrected chi connectivity index (χ1v) is 6.29. The van der Waals surface area contributed by atoms with Crippen LogP contribution in [0.1, 0.15) is 36.5 Å². The summed E-state index contributed by atoms with van der Waals surface area (Å²) in [5.74, 6) is 0.222. The number of benzene rings is 1. The molecule has 2 nitrogen and oxygen atoms in total. The molecule has 17 heavy (non-hydrogen) atoms. The van der Waals surface area contributed by atoms with Crippen molar-refractivity contribution in [2.24, 2.45) is 7.05 Å². The van der Waals surface area contributed by atoms with Crippen molar-refractivity contribution in [2.45, 2.75) is 26.2 Å². The van der Waals surface area contributed by atoms with Crippen LogP contribution >= 0.6 is 11.6 Å². The van der Waals surface area contributed by atoms with Crippen LogP contribution in [-0.2, 0) is 7.05 Å². The number of hydrogen-bond donors (Lipinski definition) is 0. The van der Waals surface area contributed by atoms with E-state index >= 15 is 0 Å². The predicted molar refractivity (Wildman–Crippen MR) is 71.8 cm³/mol. The Morgan fingerprint density at radius 3 is 2.88 bits per heavy atom. The molecule has 0 amide bonds. The molecule has 0 aliphatic heterocycles. The number of nitrogens with zero attached hydrogens (tertiary/aromatic N) is 1. The number of Topliss-reactive ketones (excluding diaryl/α,β-unsaturated/α-hetero) is 1. The molecule has 90 valence electrons. The van der Waals surface area contributed by atoms with Crippen molar-refractivity contribution in [1.82, 2.24) is 4.57 Å². The molecule has 0 fully saturated rings. The zero-order chi connectivity index (χ0) is 12.4. The average Bonchev–Trinajstić information content (AvgIpc) is 2.64. The topological polar surface area (TPSA) is 22.0 Å². The Balaban J connectivity index is 2.45. The number of halogens is 1. The molecular formula is C14H16ClNO. The smallest absolute Gasteiger partial charge is 0.165 e. The van der Waals surface area contributed by atoms with Gasteiger partial charge in [-0.05, 0) is 18.6 Å². The van der Waals surface area contributed by atoms with Crippen LogP contribution in [-0.4, -0.2) is 10.4 Å². The standard InChI is InChI=1S/C14H16ClNO/c1-3-4-5-14(17)12-9-16(2)13-8-10(15)6-7-11(12)13/h6-9H,3-5H2,1-2H3. The number of hydrogen-bond acceptors (Lipinski definition) is 1. The number of carbonyl (C=O) groups excluding carboxylic acids is 1. The molecule has 1 aromatic heterocycles. The molecule has 0 saturated heterocycles. The predicted octanol–water partition coefficient (Wildman–Crippen LogP) is 4.20. The molecule has 0 spiro atoms. The highest BCUT2D eigenvalue weighted by atomic mass is 35.5. The molecule has 0 N–H and O–H groups in total. The SMILES string of the molecule is CCCCC(=O)c1cn(C)c2cc(Cl)ccc12. The van der Waals surface area contributed by atoms with Crippen molar-refractivity contribution in [3.63, 3.8) is 0 Å². The normalized spacial score (nSPS) is 11.0. The van der Waals surface area contributed by atoms with Gasteiger partial charge in [-0.3, -0.25) is 4.79 Å². The van der Waals surface area contributed by atoms with Gasteiger partial charge in [0.1, 0.15) is 0 Å². The fourth-order valence-corrected chi connectivity index (χ4v) is 2.22. The third-order valence-electron chi connectivity index (χ3n) is 3.01. The summed E-state index contributed by atoms with van der Waals surface area (Å²) < 4.78 is 1.96. The maximum atomic E-state index is 12.1. The average molecular weight is 250 g/mol. The van der Waals surface area contributed by atoms with Crippen molar-refractivity contribution < 1.29 is 4.79 Å². The summed E-state index contributed by atoms with van der Waals surface area (Å²) in [6.07, 6.45) is 4.52. The third kappa shape index (κ3) is 2.37. The van der Waals surface area contributed by atoms with E-state index in [0.29, 0.717) is 11.4 Å². The first kappa shape index (κ1) is 12.2. The molecule has 0 saturated carbocycles. The van der Waals surface area contributed by atoms with Gasteiger partial charge < -0.3 is 4.57 Å². The van der Waals surface area contributed by atoms with E-state index in [1.54, 1.807) is 0 Å². The highest BCUT2D eigenvalue weighted by molar-refractivity contribution is 6.31. The van der Waals surface area contributed by atoms with Crippen molar-refractivity contribution in [1.29, 1.82) is 0 Å². The van der Waals surface area contributed by atoms with E-state index in [4.69, 9.17) is 11.6 Å². The van der Waals surface area contributed by atoms with Crippen molar-refractivity contribution in [3.05, 3.63) is 35.0 Å². The summed E-state index contributed by atoms with van der Waals surface area (Å²) in [6.45, 7) is 2.09. The second-order valence-corrected chi connectivity index (χ2v) is 4.78. The largest absolute Gasteiger partial charge is 0.350 e. The van der Waals surface area contributed by atoms with Crippen LogP contribution in [0.25, 0.3) is 10.9 Å². The zero-order valence-electron chi connectivity index (χ0n) is 10.2. The minimum atomic E-state index is 0.222. The summed E-state index contributed by atoms with van der Waals surface area (Å²) >= 11 is 5.96. The van der Waals surface area contributed by atoms with Crippen LogP contribution in [0.4, 0.5) is 0 Å². The summed E-state index contributed by atoms with van der Waals surface area (Å²) in [4.78, 5) is 12.1. The number of aryl methyl sites for hydroxylation is 1. The third-order valence-corrected chi connectivity index (χ3v) is 3.25. The Morgan fingerprint density at radius 1 is 1.41 bits per heavy atom. The van der Waals surface area contributed by atoms with Crippen LogP contribution in [0.2, 0.25) is 5.02 Å². The Labute approximate surface area is 106 Å². The van der Waals surface area contributed by atoms with Gasteiger partial charge in [-0.1, -0.05) is 31.0 Å². The lowest BCUT2D eigenvalue weighted by Gasteiger charge is -1.98. The molecular weight excluding hydrogens is 234 g/mol. The Bertz CT molecular complexity index is 557. The van der Waals surface area contributed by atoms with Crippen LogP contribution in [0.3, 0.4) is 0 Å². The summed E-state index contributed by atoms with van der Waals surface area (Å²) in [6, 6.07) is 5.66. The van der Waals surface area contributed by atoms with E-state index in [1.165, 1.54) is 0 Å². The van der Waals surface area contributed by atoms with E-state index in [1.807, 2.05) is 36.0 Å². The number of carbonyl (C=O) groups is 1. The van der Waals surface area contributed by atoms with E-state index in [9.17, 15) is 4.79 Å². The quantitative estimate of drug-likeness (QED) is 0.744. The van der Waals surface area contributed by atoms with E-state index in [-0.39, 0.29) is 5.78 Å². The fourth-order valence-electron chi connectivity index (χ4n) is 2.05. The van der Waals surface area contributed by atoms with Crippen molar-refractivity contribution in [3.8, 4) is 0 Å². The van der Waals surface area contributed by atoms with Gasteiger partial charge in [0, 0.05) is 41.2 Å². The number of aromatic nitrogens is 1. The number of rotatable bonds is 4. The monoisotopic (exact) mass is 249 g/mol. The second-order valence-electron chi connectivity index (χ2n) is 4.34. The number of fused-ring (bicyclic) bond motifs is 1. The molecule has 2 aromatic rings. The number of ketones is 1. The van der Waals surface area contributed by atoms with Gasteiger partial charge in [-0.2, -0.15) is 0 Å². The molecule has 0 atom stereocenters. The summed E-state index contributed by atoms with van der Waals surface area (Å²) in [5.41, 5.74) is 1.82. The molecule has 0 aliphatic rings. The molecule has 3 heteroatoms. The lowest BCUT2D eigenvalue weighted by molar-refractivity contribution is 0.0981. The Kier molecular flexibility index (Phi) is 3.53. The highest BCUT2D eigenvalue weighted by Crippen LogP contribution is 2.25. The van der Waals surface area contributed by atoms with Crippen LogP contribution in [0.15, 0.2) is 24.4 Å². The van der Waals surface area contributed by atoms with Gasteiger partial charge in [-0.25, -0.2) is 0 Å². The van der Waals surface area contributed by atoms with Gasteiger partial charge >= 0.3 is 0 Å². The summed E-state index contributed by atoms with van der Waals surface area (Å²) in [7, 11) is 1.94. The lowest BCUT2D eigenvalue weighted by Crippen LogP contribution is -1.97. The van der Waals surface area contributed by atoms with Crippen molar-refractivity contribution >= 4 is 28.3 Å². The first-order chi connectivity index (χ1) is 8.13. The van der Waals surface area contributed by atoms with E-state index < -0.39 is 0 Å². The molecule has 1 heterocycles. The van der Waals surface area contributed by atoms with Gasteiger partial charge in [0.05, 0.1) is 0 Å². The molecule has 2 rings (SSSR count). The van der Waals surface area contributed by atoms with Gasteiger partial charge in [0.25, 0.3) is 0 Å². The van der Waals surface area contributed by atoms with E-state index in [2.05, 4.69) is 6.92 Å². The van der Waals surface area contributed by atoms with Gasteiger partial charge in [-0.15, -0.1) is 0 Å². The second kappa shape index (κ2) is 4.92. The molecule has 0 aliphatic carbocycles. The van der Waals surface area contributed by atoms with Crippen LogP contribution in [0.5, 0.6) is 0 Å². The fraction of sp³-hybridized carbons (Fsp3) is 0.357. The molecule has 1 aromatic carbocycles. The van der Waals surface area contributed by atoms with Crippen molar-refractivity contribution in [2.75, 3.05) is 0 Å². The van der Waals surface area contributed by atoms with E-state index in [0.717, 1.165) is 29.3 Å². The number of unbranched alkanes of at least 4 members (excludes halogenated alkanes) is 1.